The van der Waals surface area contributed by atoms with E-state index in [4.69, 9.17) is 5.26 Å². The molecule has 5 heteroatoms. The molecule has 1 unspecified atom stereocenters. The van der Waals surface area contributed by atoms with Crippen molar-refractivity contribution in [2.45, 2.75) is 11.4 Å². The summed E-state index contributed by atoms with van der Waals surface area (Å²) in [5.74, 6) is -0.0993. The molecule has 0 saturated carbocycles. The monoisotopic (exact) mass is 312 g/mol. The number of rotatable bonds is 4. The Balaban J connectivity index is 2.07. The summed E-state index contributed by atoms with van der Waals surface area (Å²) in [6.45, 7) is 0.464. The van der Waals surface area contributed by atoms with E-state index in [1.165, 1.54) is 0 Å². The number of hydrogen-bond donors (Lipinski definition) is 0. The Morgan fingerprint density at radius 1 is 1.14 bits per heavy atom. The standard InChI is InChI=1S/C17H16N2O2S/c1-19(12-14-5-3-13(11-18)4-6-14)17(20)15-7-9-16(10-8-15)22(2)21/h3-10H,12H2,1-2H3. The van der Waals surface area contributed by atoms with Gasteiger partial charge in [0.25, 0.3) is 5.91 Å². The van der Waals surface area contributed by atoms with Crippen LogP contribution in [0.5, 0.6) is 0 Å². The van der Waals surface area contributed by atoms with Gasteiger partial charge < -0.3 is 4.90 Å². The maximum Gasteiger partial charge on any atom is 0.253 e. The van der Waals surface area contributed by atoms with Crippen LogP contribution in [-0.4, -0.2) is 28.3 Å². The third-order valence-electron chi connectivity index (χ3n) is 3.28. The molecule has 1 atom stereocenters. The van der Waals surface area contributed by atoms with Gasteiger partial charge in [-0.05, 0) is 42.0 Å². The number of hydrogen-bond acceptors (Lipinski definition) is 3. The molecule has 0 aliphatic heterocycles. The van der Waals surface area contributed by atoms with Gasteiger partial charge in [-0.3, -0.25) is 9.00 Å². The summed E-state index contributed by atoms with van der Waals surface area (Å²) in [4.78, 5) is 14.7. The lowest BCUT2D eigenvalue weighted by atomic mass is 10.1. The Morgan fingerprint density at radius 2 is 1.73 bits per heavy atom. The normalized spacial score (nSPS) is 11.5. The van der Waals surface area contributed by atoms with Gasteiger partial charge in [0.05, 0.1) is 11.6 Å². The Kier molecular flexibility index (Phi) is 5.08. The number of nitrogens with zero attached hydrogens (tertiary/aromatic N) is 2. The van der Waals surface area contributed by atoms with Crippen LogP contribution in [0.25, 0.3) is 0 Å². The summed E-state index contributed by atoms with van der Waals surface area (Å²) in [6.07, 6.45) is 1.61. The molecular formula is C17H16N2O2S. The van der Waals surface area contributed by atoms with E-state index in [0.717, 1.165) is 5.56 Å². The minimum Gasteiger partial charge on any atom is -0.337 e. The third-order valence-corrected chi connectivity index (χ3v) is 4.22. The highest BCUT2D eigenvalue weighted by molar-refractivity contribution is 7.84. The van der Waals surface area contributed by atoms with Crippen molar-refractivity contribution in [2.24, 2.45) is 0 Å². The van der Waals surface area contributed by atoms with Crippen LogP contribution in [0.2, 0.25) is 0 Å². The van der Waals surface area contributed by atoms with Crippen molar-refractivity contribution in [3.05, 3.63) is 65.2 Å². The van der Waals surface area contributed by atoms with Crippen molar-refractivity contribution in [1.29, 1.82) is 5.26 Å². The fourth-order valence-corrected chi connectivity index (χ4v) is 2.56. The first-order chi connectivity index (χ1) is 10.5. The van der Waals surface area contributed by atoms with Gasteiger partial charge in [-0.15, -0.1) is 0 Å². The predicted molar refractivity (Wildman–Crippen MR) is 85.7 cm³/mol. The Labute approximate surface area is 132 Å². The first kappa shape index (κ1) is 15.9. The topological polar surface area (TPSA) is 61.2 Å². The van der Waals surface area contributed by atoms with E-state index >= 15 is 0 Å². The molecule has 2 aromatic carbocycles. The van der Waals surface area contributed by atoms with Gasteiger partial charge in [0.1, 0.15) is 0 Å². The van der Waals surface area contributed by atoms with Crippen LogP contribution in [0.3, 0.4) is 0 Å². The molecule has 22 heavy (non-hydrogen) atoms. The van der Waals surface area contributed by atoms with Crippen LogP contribution >= 0.6 is 0 Å². The van der Waals surface area contributed by atoms with E-state index in [0.29, 0.717) is 22.6 Å². The van der Waals surface area contributed by atoms with Crippen molar-refractivity contribution in [3.8, 4) is 6.07 Å². The molecule has 0 radical (unpaired) electrons. The average molecular weight is 312 g/mol. The van der Waals surface area contributed by atoms with Gasteiger partial charge in [0.2, 0.25) is 0 Å². The molecule has 0 N–H and O–H groups in total. The second-order valence-corrected chi connectivity index (χ2v) is 6.33. The molecule has 4 nitrogen and oxygen atoms in total. The molecule has 0 aliphatic rings. The minimum absolute atomic E-state index is 0.0993. The summed E-state index contributed by atoms with van der Waals surface area (Å²) < 4.78 is 11.3. The van der Waals surface area contributed by atoms with Crippen molar-refractivity contribution in [2.75, 3.05) is 13.3 Å². The van der Waals surface area contributed by atoms with Crippen LogP contribution < -0.4 is 0 Å². The highest BCUT2D eigenvalue weighted by atomic mass is 32.2. The molecule has 0 spiro atoms. The van der Waals surface area contributed by atoms with Crippen molar-refractivity contribution in [1.82, 2.24) is 4.90 Å². The van der Waals surface area contributed by atoms with Crippen LogP contribution in [0, 0.1) is 11.3 Å². The fraction of sp³-hybridized carbons (Fsp3) is 0.176. The van der Waals surface area contributed by atoms with E-state index in [9.17, 15) is 9.00 Å². The van der Waals surface area contributed by atoms with Crippen LogP contribution in [0.1, 0.15) is 21.5 Å². The van der Waals surface area contributed by atoms with Crippen LogP contribution in [0.4, 0.5) is 0 Å². The van der Waals surface area contributed by atoms with Crippen molar-refractivity contribution in [3.63, 3.8) is 0 Å². The van der Waals surface area contributed by atoms with Gasteiger partial charge in [-0.2, -0.15) is 5.26 Å². The number of carbonyl (C=O) groups is 1. The van der Waals surface area contributed by atoms with Crippen molar-refractivity contribution >= 4 is 16.7 Å². The molecule has 0 aliphatic carbocycles. The second-order valence-electron chi connectivity index (χ2n) is 4.95. The number of benzene rings is 2. The zero-order valence-corrected chi connectivity index (χ0v) is 13.3. The molecule has 0 bridgehead atoms. The first-order valence-electron chi connectivity index (χ1n) is 6.69. The van der Waals surface area contributed by atoms with E-state index in [1.807, 2.05) is 12.1 Å². The van der Waals surface area contributed by atoms with Gasteiger partial charge in [0.15, 0.2) is 0 Å². The Bertz CT molecular complexity index is 731. The zero-order valence-electron chi connectivity index (χ0n) is 12.4. The third kappa shape index (κ3) is 3.80. The summed E-state index contributed by atoms with van der Waals surface area (Å²) in [6, 6.07) is 16.0. The van der Waals surface area contributed by atoms with Crippen molar-refractivity contribution < 1.29 is 9.00 Å². The molecular weight excluding hydrogens is 296 g/mol. The summed E-state index contributed by atoms with van der Waals surface area (Å²) in [5, 5.41) is 8.77. The minimum atomic E-state index is -1.05. The highest BCUT2D eigenvalue weighted by Crippen LogP contribution is 2.12. The predicted octanol–water partition coefficient (Wildman–Crippen LogP) is 2.57. The van der Waals surface area contributed by atoms with E-state index in [-0.39, 0.29) is 5.91 Å². The smallest absolute Gasteiger partial charge is 0.253 e. The Hall–Kier alpha value is -2.45. The molecule has 1 amide bonds. The number of nitriles is 1. The molecule has 0 saturated heterocycles. The lowest BCUT2D eigenvalue weighted by molar-refractivity contribution is 0.0785. The van der Waals surface area contributed by atoms with Crippen LogP contribution in [-0.2, 0) is 17.3 Å². The lowest BCUT2D eigenvalue weighted by Crippen LogP contribution is -2.26. The van der Waals surface area contributed by atoms with E-state index < -0.39 is 10.8 Å². The fourth-order valence-electron chi connectivity index (χ4n) is 2.04. The zero-order chi connectivity index (χ0) is 16.1. The summed E-state index contributed by atoms with van der Waals surface area (Å²) in [5.41, 5.74) is 2.12. The molecule has 0 aromatic heterocycles. The van der Waals surface area contributed by atoms with Gasteiger partial charge >= 0.3 is 0 Å². The molecule has 0 fully saturated rings. The van der Waals surface area contributed by atoms with Gasteiger partial charge in [0, 0.05) is 41.1 Å². The lowest BCUT2D eigenvalue weighted by Gasteiger charge is -2.17. The van der Waals surface area contributed by atoms with Crippen LogP contribution in [0.15, 0.2) is 53.4 Å². The van der Waals surface area contributed by atoms with E-state index in [2.05, 4.69) is 6.07 Å². The number of amides is 1. The maximum absolute atomic E-state index is 12.4. The highest BCUT2D eigenvalue weighted by Gasteiger charge is 2.12. The average Bonchev–Trinajstić information content (AvgIpc) is 2.55. The molecule has 0 heterocycles. The Morgan fingerprint density at radius 3 is 2.23 bits per heavy atom. The van der Waals surface area contributed by atoms with Gasteiger partial charge in [-0.25, -0.2) is 0 Å². The SMILES string of the molecule is CN(Cc1ccc(C#N)cc1)C(=O)c1ccc(S(C)=O)cc1. The first-order valence-corrected chi connectivity index (χ1v) is 8.25. The van der Waals surface area contributed by atoms with E-state index in [1.54, 1.807) is 54.6 Å². The summed E-state index contributed by atoms with van der Waals surface area (Å²) >= 11 is 0. The maximum atomic E-state index is 12.4. The summed E-state index contributed by atoms with van der Waals surface area (Å²) in [7, 11) is 0.681. The quantitative estimate of drug-likeness (QED) is 0.871. The largest absolute Gasteiger partial charge is 0.337 e. The molecule has 112 valence electrons. The molecule has 2 aromatic rings. The van der Waals surface area contributed by atoms with Gasteiger partial charge in [-0.1, -0.05) is 12.1 Å². The number of carbonyl (C=O) groups excluding carboxylic acids is 1. The molecule has 2 rings (SSSR count). The second kappa shape index (κ2) is 7.01.